The number of nitrogens with zero attached hydrogens (tertiary/aromatic N) is 1. The van der Waals surface area contributed by atoms with E-state index in [0.29, 0.717) is 9.87 Å². The van der Waals surface area contributed by atoms with Gasteiger partial charge in [0, 0.05) is 0 Å². The van der Waals surface area contributed by atoms with Gasteiger partial charge in [-0.1, -0.05) is 60.7 Å². The average Bonchev–Trinajstić information content (AvgIpc) is 2.63. The van der Waals surface area contributed by atoms with Crippen LogP contribution in [0.1, 0.15) is 5.56 Å². The van der Waals surface area contributed by atoms with E-state index in [-0.39, 0.29) is 10.6 Å². The second-order valence-corrected chi connectivity index (χ2v) is 7.49. The summed E-state index contributed by atoms with van der Waals surface area (Å²) in [7, 11) is -4.23. The zero-order valence-electron chi connectivity index (χ0n) is 14.0. The summed E-state index contributed by atoms with van der Waals surface area (Å²) in [4.78, 5) is 11.7. The van der Waals surface area contributed by atoms with Crippen LogP contribution in [-0.2, 0) is 10.0 Å². The van der Waals surface area contributed by atoms with E-state index in [9.17, 15) is 18.3 Å². The Bertz CT molecular complexity index is 1030. The van der Waals surface area contributed by atoms with E-state index >= 15 is 0 Å². The lowest BCUT2D eigenvalue weighted by atomic mass is 10.1. The van der Waals surface area contributed by atoms with E-state index in [2.05, 4.69) is 0 Å². The predicted octanol–water partition coefficient (Wildman–Crippen LogP) is 4.54. The molecule has 0 atom stereocenters. The highest BCUT2D eigenvalue weighted by Crippen LogP contribution is 2.28. The Morgan fingerprint density at radius 3 is 1.92 bits per heavy atom. The molecule has 0 saturated carbocycles. The van der Waals surface area contributed by atoms with Crippen molar-refractivity contribution in [2.75, 3.05) is 4.31 Å². The molecule has 3 aromatic rings. The minimum atomic E-state index is -4.23. The molecule has 3 rings (SSSR count). The minimum Gasteiger partial charge on any atom is -0.464 e. The average molecular weight is 367 g/mol. The Hall–Kier alpha value is -3.12. The second kappa shape index (κ2) is 7.01. The van der Waals surface area contributed by atoms with Crippen LogP contribution in [0.5, 0.6) is 0 Å². The van der Waals surface area contributed by atoms with Gasteiger partial charge < -0.3 is 5.11 Å². The lowest BCUT2D eigenvalue weighted by Crippen LogP contribution is -2.36. The van der Waals surface area contributed by atoms with Gasteiger partial charge in [0.15, 0.2) is 0 Å². The standard InChI is InChI=1S/C20H17NO4S/c1-15-7-5-6-10-19(15)26(24,25)21(20(22)23)18-13-11-17(12-14-18)16-8-3-2-4-9-16/h2-14H,1H3,(H,22,23). The largest absolute Gasteiger partial charge is 0.464 e. The van der Waals surface area contributed by atoms with E-state index in [4.69, 9.17) is 0 Å². The Labute approximate surface area is 152 Å². The number of rotatable bonds is 4. The maximum absolute atomic E-state index is 12.9. The van der Waals surface area contributed by atoms with Crippen molar-refractivity contribution in [2.45, 2.75) is 11.8 Å². The lowest BCUT2D eigenvalue weighted by Gasteiger charge is -2.20. The fraction of sp³-hybridized carbons (Fsp3) is 0.0500. The molecule has 0 saturated heterocycles. The minimum absolute atomic E-state index is 0.0328. The molecular weight excluding hydrogens is 350 g/mol. The number of carboxylic acid groups (broad SMARTS) is 1. The summed E-state index contributed by atoms with van der Waals surface area (Å²) in [5.41, 5.74) is 2.38. The molecule has 0 spiro atoms. The number of amides is 1. The normalized spacial score (nSPS) is 11.1. The third-order valence-corrected chi connectivity index (χ3v) is 5.86. The third-order valence-electron chi connectivity index (χ3n) is 3.99. The molecule has 0 fully saturated rings. The molecule has 0 aliphatic rings. The van der Waals surface area contributed by atoms with Crippen molar-refractivity contribution in [1.29, 1.82) is 0 Å². The predicted molar refractivity (Wildman–Crippen MR) is 101 cm³/mol. The molecule has 0 heterocycles. The Morgan fingerprint density at radius 1 is 0.808 bits per heavy atom. The summed E-state index contributed by atoms with van der Waals surface area (Å²) in [6.45, 7) is 1.63. The van der Waals surface area contributed by atoms with Gasteiger partial charge in [-0.05, 0) is 41.8 Å². The highest BCUT2D eigenvalue weighted by molar-refractivity contribution is 7.93. The molecule has 26 heavy (non-hydrogen) atoms. The Balaban J connectivity index is 2.04. The third kappa shape index (κ3) is 3.32. The fourth-order valence-corrected chi connectivity index (χ4v) is 4.24. The topological polar surface area (TPSA) is 74.7 Å². The van der Waals surface area contributed by atoms with Gasteiger partial charge in [-0.3, -0.25) is 0 Å². The molecule has 132 valence electrons. The number of hydrogen-bond acceptors (Lipinski definition) is 3. The molecule has 0 aromatic heterocycles. The van der Waals surface area contributed by atoms with Crippen molar-refractivity contribution in [1.82, 2.24) is 0 Å². The van der Waals surface area contributed by atoms with Crippen molar-refractivity contribution in [3.8, 4) is 11.1 Å². The van der Waals surface area contributed by atoms with Crippen molar-refractivity contribution in [3.05, 3.63) is 84.4 Å². The van der Waals surface area contributed by atoms with E-state index in [1.54, 1.807) is 37.3 Å². The number of benzene rings is 3. The van der Waals surface area contributed by atoms with Crippen LogP contribution in [0.2, 0.25) is 0 Å². The van der Waals surface area contributed by atoms with Gasteiger partial charge in [-0.15, -0.1) is 0 Å². The number of hydrogen-bond donors (Lipinski definition) is 1. The van der Waals surface area contributed by atoms with E-state index in [1.807, 2.05) is 30.3 Å². The van der Waals surface area contributed by atoms with Crippen molar-refractivity contribution < 1.29 is 18.3 Å². The quantitative estimate of drug-likeness (QED) is 0.735. The number of aryl methyl sites for hydroxylation is 1. The van der Waals surface area contributed by atoms with E-state index in [0.717, 1.165) is 11.1 Å². The molecule has 5 nitrogen and oxygen atoms in total. The van der Waals surface area contributed by atoms with Crippen molar-refractivity contribution in [2.24, 2.45) is 0 Å². The Kier molecular flexibility index (Phi) is 4.77. The van der Waals surface area contributed by atoms with Crippen LogP contribution in [-0.4, -0.2) is 19.6 Å². The highest BCUT2D eigenvalue weighted by Gasteiger charge is 2.31. The van der Waals surface area contributed by atoms with Gasteiger partial charge >= 0.3 is 6.09 Å². The smallest absolute Gasteiger partial charge is 0.426 e. The first-order chi connectivity index (χ1) is 12.4. The summed E-state index contributed by atoms with van der Waals surface area (Å²) < 4.78 is 26.2. The van der Waals surface area contributed by atoms with Crippen LogP contribution in [0.4, 0.5) is 10.5 Å². The first kappa shape index (κ1) is 17.7. The molecule has 0 aliphatic heterocycles. The molecule has 1 N–H and O–H groups in total. The highest BCUT2D eigenvalue weighted by atomic mass is 32.2. The molecule has 3 aromatic carbocycles. The van der Waals surface area contributed by atoms with Gasteiger partial charge in [-0.2, -0.15) is 4.31 Å². The Morgan fingerprint density at radius 2 is 1.35 bits per heavy atom. The molecular formula is C20H17NO4S. The van der Waals surface area contributed by atoms with Crippen molar-refractivity contribution in [3.63, 3.8) is 0 Å². The van der Waals surface area contributed by atoms with E-state index in [1.165, 1.54) is 18.2 Å². The zero-order chi connectivity index (χ0) is 18.7. The van der Waals surface area contributed by atoms with Crippen LogP contribution in [0, 0.1) is 6.92 Å². The monoisotopic (exact) mass is 367 g/mol. The first-order valence-electron chi connectivity index (χ1n) is 7.90. The number of sulfonamides is 1. The van der Waals surface area contributed by atoms with Crippen LogP contribution in [0.15, 0.2) is 83.8 Å². The zero-order valence-corrected chi connectivity index (χ0v) is 14.8. The van der Waals surface area contributed by atoms with Gasteiger partial charge in [0.2, 0.25) is 0 Å². The fourth-order valence-electron chi connectivity index (χ4n) is 2.72. The van der Waals surface area contributed by atoms with Crippen LogP contribution in [0.25, 0.3) is 11.1 Å². The van der Waals surface area contributed by atoms with Gasteiger partial charge in [0.05, 0.1) is 10.6 Å². The summed E-state index contributed by atoms with van der Waals surface area (Å²) in [5, 5.41) is 9.55. The summed E-state index contributed by atoms with van der Waals surface area (Å²) in [5.74, 6) is 0. The molecule has 6 heteroatoms. The maximum Gasteiger partial charge on any atom is 0.426 e. The maximum atomic E-state index is 12.9. The van der Waals surface area contributed by atoms with Crippen LogP contribution in [0.3, 0.4) is 0 Å². The SMILES string of the molecule is Cc1ccccc1S(=O)(=O)N(C(=O)O)c1ccc(-c2ccccc2)cc1. The molecule has 1 amide bonds. The van der Waals surface area contributed by atoms with Crippen LogP contribution < -0.4 is 4.31 Å². The molecule has 0 bridgehead atoms. The molecule has 0 aliphatic carbocycles. The molecule has 0 radical (unpaired) electrons. The first-order valence-corrected chi connectivity index (χ1v) is 9.34. The summed E-state index contributed by atoms with van der Waals surface area (Å²) >= 11 is 0. The van der Waals surface area contributed by atoms with E-state index < -0.39 is 16.1 Å². The second-order valence-electron chi connectivity index (χ2n) is 5.73. The van der Waals surface area contributed by atoms with Gasteiger partial charge in [-0.25, -0.2) is 13.2 Å². The summed E-state index contributed by atoms with van der Waals surface area (Å²) in [6.07, 6.45) is -1.55. The molecule has 0 unspecified atom stereocenters. The lowest BCUT2D eigenvalue weighted by molar-refractivity contribution is 0.206. The van der Waals surface area contributed by atoms with Gasteiger partial charge in [0.25, 0.3) is 10.0 Å². The number of anilines is 1. The van der Waals surface area contributed by atoms with Crippen LogP contribution >= 0.6 is 0 Å². The van der Waals surface area contributed by atoms with Crippen molar-refractivity contribution >= 4 is 21.8 Å². The summed E-state index contributed by atoms with van der Waals surface area (Å²) in [6, 6.07) is 22.2. The van der Waals surface area contributed by atoms with Gasteiger partial charge in [0.1, 0.15) is 0 Å². The number of carbonyl (C=O) groups is 1.